The molecule has 0 aliphatic heterocycles. The van der Waals surface area contributed by atoms with Gasteiger partial charge in [-0.2, -0.15) is 0 Å². The van der Waals surface area contributed by atoms with Gasteiger partial charge in [0.15, 0.2) is 17.3 Å². The summed E-state index contributed by atoms with van der Waals surface area (Å²) in [5.74, 6) is -3.86. The van der Waals surface area contributed by atoms with E-state index in [-0.39, 0.29) is 102 Å². The number of Topliss-reactive ketones (excluding diaryl/α,β-unsaturated/α-hetero) is 3. The lowest BCUT2D eigenvalue weighted by molar-refractivity contribution is -0.282. The molecule has 33 nitrogen and oxygen atoms in total. The van der Waals surface area contributed by atoms with Gasteiger partial charge in [-0.05, 0) is 229 Å². The fourth-order valence-corrected chi connectivity index (χ4v) is 11.8. The second-order valence-corrected chi connectivity index (χ2v) is 47.7. The maximum absolute atomic E-state index is 11.8. The molecule has 0 aliphatic carbocycles. The summed E-state index contributed by atoms with van der Waals surface area (Å²) in [5, 5.41) is 60.9. The first-order valence-electron chi connectivity index (χ1n) is 41.0. The second kappa shape index (κ2) is 77.0. The molecule has 0 aromatic rings. The molecule has 0 radical (unpaired) electrons. The van der Waals surface area contributed by atoms with E-state index in [9.17, 15) is 52.7 Å². The average molecular weight is 2390 g/mol. The third-order valence-corrected chi connectivity index (χ3v) is 20.2. The highest BCUT2D eigenvalue weighted by atomic mass is 79.9. The molecule has 0 fully saturated rings. The Balaban J connectivity index is -0.000000220. The van der Waals surface area contributed by atoms with E-state index < -0.39 is 92.3 Å². The lowest BCUT2D eigenvalue weighted by atomic mass is 9.89. The minimum Gasteiger partial charge on any atom is -0.467 e. The van der Waals surface area contributed by atoms with Gasteiger partial charge >= 0.3 is 35.8 Å². The molecule has 14 unspecified atom stereocenters. The first-order valence-corrected chi connectivity index (χ1v) is 47.5. The van der Waals surface area contributed by atoms with E-state index in [1.807, 2.05) is 0 Å². The Bertz CT molecular complexity index is 3250. The maximum Gasteiger partial charge on any atom is 0.330 e. The summed E-state index contributed by atoms with van der Waals surface area (Å²) in [7, 11) is 0. The smallest absolute Gasteiger partial charge is 0.330 e. The van der Waals surface area contributed by atoms with Gasteiger partial charge in [0, 0.05) is 42.1 Å². The summed E-state index contributed by atoms with van der Waals surface area (Å²) in [6.45, 7) is 72.8. The number of halogens is 8. The molecule has 0 saturated carbocycles. The molecule has 0 spiro atoms. The van der Waals surface area contributed by atoms with Gasteiger partial charge in [-0.3, -0.25) is 84.7 Å². The lowest BCUT2D eigenvalue weighted by Crippen LogP contribution is -2.37. The number of hydrogen-bond donors (Lipinski definition) is 7. The topological polar surface area (TPSA) is 468 Å². The second-order valence-electron chi connectivity index (χ2n) is 33.0. The van der Waals surface area contributed by atoms with Crippen LogP contribution in [0, 0.1) is 29.6 Å². The van der Waals surface area contributed by atoms with Crippen LogP contribution in [0.5, 0.6) is 0 Å². The average Bonchev–Trinajstić information content (AvgIpc) is 0.854. The molecule has 0 aromatic carbocycles. The van der Waals surface area contributed by atoms with E-state index in [0.29, 0.717) is 105 Å². The Morgan fingerprint density at radius 2 is 0.569 bits per heavy atom. The Morgan fingerprint density at radius 3 is 0.808 bits per heavy atom. The van der Waals surface area contributed by atoms with Crippen molar-refractivity contribution < 1.29 is 162 Å². The third-order valence-electron chi connectivity index (χ3n) is 17.3. The normalized spacial score (nSPS) is 14.4. The summed E-state index contributed by atoms with van der Waals surface area (Å²) < 4.78 is 35.1. The number of esters is 6. The van der Waals surface area contributed by atoms with E-state index in [1.165, 1.54) is 0 Å². The van der Waals surface area contributed by atoms with E-state index >= 15 is 0 Å². The van der Waals surface area contributed by atoms with Crippen LogP contribution in [0.15, 0.2) is 97.7 Å². The molecule has 0 heterocycles. The van der Waals surface area contributed by atoms with Gasteiger partial charge in [-0.15, -0.1) is 0 Å². The van der Waals surface area contributed by atoms with Crippen LogP contribution in [0.25, 0.3) is 0 Å². The monoisotopic (exact) mass is 2380 g/mol. The largest absolute Gasteiger partial charge is 0.467 e. The number of rotatable bonds is 58. The predicted molar refractivity (Wildman–Crippen MR) is 527 cm³/mol. The fourth-order valence-electron chi connectivity index (χ4n) is 10.1. The van der Waals surface area contributed by atoms with Crippen molar-refractivity contribution in [1.82, 2.24) is 0 Å². The number of ether oxygens (including phenoxy) is 8. The third kappa shape index (κ3) is 72.3. The minimum atomic E-state index is -0.713. The van der Waals surface area contributed by atoms with Crippen LogP contribution in [0.2, 0.25) is 0 Å². The van der Waals surface area contributed by atoms with Crippen LogP contribution in [0.1, 0.15) is 230 Å². The molecular weight excluding hydrogens is 2240 g/mol. The zero-order valence-electron chi connectivity index (χ0n) is 80.0. The van der Waals surface area contributed by atoms with Crippen molar-refractivity contribution in [2.24, 2.45) is 29.6 Å². The van der Waals surface area contributed by atoms with Gasteiger partial charge in [0.1, 0.15) is 78.6 Å². The molecule has 41 heteroatoms. The van der Waals surface area contributed by atoms with Crippen molar-refractivity contribution in [1.29, 1.82) is 0 Å². The zero-order valence-corrected chi connectivity index (χ0v) is 92.7. The van der Waals surface area contributed by atoms with Gasteiger partial charge in [0.2, 0.25) is 0 Å². The maximum atomic E-state index is 11.8. The Labute approximate surface area is 837 Å². The van der Waals surface area contributed by atoms with Crippen LogP contribution in [0.4, 0.5) is 0 Å². The van der Waals surface area contributed by atoms with Crippen molar-refractivity contribution in [3.8, 4) is 0 Å². The Kier molecular flexibility index (Phi) is 83.7. The van der Waals surface area contributed by atoms with Gasteiger partial charge in [-0.25, -0.2) is 39.0 Å². The first-order chi connectivity index (χ1) is 59.5. The van der Waals surface area contributed by atoms with Crippen LogP contribution < -0.4 is 0 Å². The molecule has 7 N–H and O–H groups in total. The van der Waals surface area contributed by atoms with Crippen LogP contribution in [0.3, 0.4) is 0 Å². The number of alkyl halides is 8. The molecule has 0 amide bonds. The summed E-state index contributed by atoms with van der Waals surface area (Å²) in [6.07, 6.45) is 3.88. The fraction of sp³-hybridized carbons (Fsp3) is 0.697. The molecule has 14 atom stereocenters. The molecule has 0 bridgehead atoms. The molecule has 0 aromatic heterocycles. The van der Waals surface area contributed by atoms with Crippen molar-refractivity contribution in [2.75, 3.05) is 52.9 Å². The standard InChI is InChI=1S/C16H27BrO6.C15H25BrO6.C10H17BrO4.3C10H17BrO3.C9H15BrO4.C9H13BrO4/c1-12(2)14(23-20)13(10-21-11-18)8-6-5-7-9-22-15(19)16(3,4)17;1-11(2)13(22-19)12(9-20-10-17)7-5-6-8-21-14(18)15(3,4)16;1-7(2)9(15-13)5-4-6-14-10(12)8(3)11;3*1-6(2)8(14-13)7(3)9(12)10(4,5)11;1-6(2)8(14-12)4-5-13-9(11)7(3)10;1-4-7(11)13-5-6-14-8(12)9(2,3)10/h11,13-14,20H,1,5-10H2,2-4H3;10,12-13,19H,1,5-9H2,2-4H3;8-9,13H,1,4-6H2,2-3H3;3*7-8,13H,1H2,2-5H3;7-8,12H,1,4-5H2,2-3H3;4H,1,5-6H2,2-3H3. The number of ketones is 3. The minimum absolute atomic E-state index is 0.0282. The van der Waals surface area contributed by atoms with E-state index in [0.717, 1.165) is 37.3 Å². The highest BCUT2D eigenvalue weighted by Crippen LogP contribution is 2.31. The van der Waals surface area contributed by atoms with Crippen LogP contribution in [-0.2, 0) is 125 Å². The summed E-state index contributed by atoms with van der Waals surface area (Å²) in [4.78, 5) is 152. The quantitative estimate of drug-likeness (QED) is 0.00342. The molecule has 758 valence electrons. The predicted octanol–water partition coefficient (Wildman–Crippen LogP) is 21.1. The zero-order chi connectivity index (χ0) is 104. The van der Waals surface area contributed by atoms with E-state index in [2.05, 4.69) is 219 Å². The highest BCUT2D eigenvalue weighted by Gasteiger charge is 2.38. The molecule has 0 aliphatic rings. The van der Waals surface area contributed by atoms with Crippen LogP contribution in [-0.4, -0.2) is 234 Å². The summed E-state index contributed by atoms with van der Waals surface area (Å²) >= 11 is 25.6. The molecule has 0 saturated heterocycles. The van der Waals surface area contributed by atoms with Crippen molar-refractivity contribution in [3.63, 3.8) is 0 Å². The van der Waals surface area contributed by atoms with E-state index in [1.54, 1.807) is 166 Å². The first kappa shape index (κ1) is 141. The molecular formula is C89H148Br8O33. The number of carbonyl (C=O) groups is 11. The Morgan fingerprint density at radius 1 is 0.315 bits per heavy atom. The highest BCUT2D eigenvalue weighted by molar-refractivity contribution is 9.11. The van der Waals surface area contributed by atoms with Crippen molar-refractivity contribution in [2.45, 2.75) is 309 Å². The van der Waals surface area contributed by atoms with Gasteiger partial charge < -0.3 is 37.9 Å². The van der Waals surface area contributed by atoms with Crippen LogP contribution >= 0.6 is 127 Å². The number of carbonyl (C=O) groups excluding carboxylic acids is 11. The SMILES string of the molecule is C=C(C)C(CCCOC(=O)C(C)Br)OO.C=C(C)C(CCOC(=O)C(C)Br)OO.C=C(C)C(OO)C(C)C(=O)C(C)(C)Br.C=C(C)C(OO)C(C)C(=O)C(C)(C)Br.C=C(C)C(OO)C(C)C(=O)C(C)(C)Br.C=C(C)C(OO)C(CCCCCOC(=O)C(C)(C)Br)COC=O.C=C(C)C(OO)C(CCCCOC(=O)C(C)(C)Br)COC=O.C=CC(=O)OCCOC(=O)C(C)(C)Br. The van der Waals surface area contributed by atoms with Gasteiger partial charge in [0.05, 0.1) is 52.6 Å². The molecule has 0 rings (SSSR count). The number of unbranched alkanes of at least 4 members (excludes halogenated alkanes) is 3. The van der Waals surface area contributed by atoms with Crippen molar-refractivity contribution >= 4 is 194 Å². The summed E-state index contributed by atoms with van der Waals surface area (Å²) in [5.41, 5.74) is 4.64. The lowest BCUT2D eigenvalue weighted by Gasteiger charge is -2.25. The molecule has 130 heavy (non-hydrogen) atoms. The Hall–Kier alpha value is -4.03. The number of hydrogen-bond acceptors (Lipinski definition) is 33. The van der Waals surface area contributed by atoms with E-state index in [4.69, 9.17) is 70.0 Å². The van der Waals surface area contributed by atoms with Gasteiger partial charge in [-0.1, -0.05) is 214 Å². The van der Waals surface area contributed by atoms with Crippen molar-refractivity contribution in [3.05, 3.63) is 97.7 Å². The van der Waals surface area contributed by atoms with Gasteiger partial charge in [0.25, 0.3) is 12.9 Å². The summed E-state index contributed by atoms with van der Waals surface area (Å²) in [6, 6.07) is 0.